The van der Waals surface area contributed by atoms with Crippen molar-refractivity contribution in [1.29, 1.82) is 0 Å². The number of benzene rings is 1. The third-order valence-corrected chi connectivity index (χ3v) is 8.63. The van der Waals surface area contributed by atoms with Gasteiger partial charge in [-0.2, -0.15) is 0 Å². The van der Waals surface area contributed by atoms with Crippen LogP contribution in [0.2, 0.25) is 10.0 Å². The molecule has 1 aliphatic heterocycles. The van der Waals surface area contributed by atoms with E-state index in [0.717, 1.165) is 16.9 Å². The maximum atomic E-state index is 12.6. The van der Waals surface area contributed by atoms with E-state index in [1.807, 2.05) is 0 Å². The van der Waals surface area contributed by atoms with Crippen molar-refractivity contribution >= 4 is 57.5 Å². The minimum absolute atomic E-state index is 0.0272. The SMILES string of the molecule is Cc1[nH]c(C(=O)NC2[C@H]3CN(c4nc(Cc5ccc(C(N)=O)cc5)c(C(=O)O)s4)C[C@@H]23)c(Cl)c1Cl. The first-order valence-electron chi connectivity index (χ1n) is 10.8. The number of thiazole rings is 1. The number of aromatic amines is 1. The van der Waals surface area contributed by atoms with Gasteiger partial charge in [0.15, 0.2) is 5.13 Å². The van der Waals surface area contributed by atoms with Gasteiger partial charge in [0.05, 0.1) is 15.7 Å². The van der Waals surface area contributed by atoms with Crippen molar-refractivity contribution in [2.45, 2.75) is 19.4 Å². The van der Waals surface area contributed by atoms with Crippen LogP contribution in [0.3, 0.4) is 0 Å². The number of nitrogens with two attached hydrogens (primary N) is 1. The Morgan fingerprint density at radius 2 is 1.86 bits per heavy atom. The molecule has 3 heterocycles. The summed E-state index contributed by atoms with van der Waals surface area (Å²) < 4.78 is 0. The number of nitrogens with one attached hydrogen (secondary N) is 2. The molecule has 9 nitrogen and oxygen atoms in total. The number of hydrogen-bond donors (Lipinski definition) is 4. The summed E-state index contributed by atoms with van der Waals surface area (Å²) in [5.74, 6) is -1.32. The van der Waals surface area contributed by atoms with Gasteiger partial charge < -0.3 is 26.0 Å². The zero-order valence-corrected chi connectivity index (χ0v) is 20.8. The molecular formula is C23H21Cl2N5O4S. The number of hydrogen-bond acceptors (Lipinski definition) is 6. The number of halogens is 2. The van der Waals surface area contributed by atoms with E-state index >= 15 is 0 Å². The van der Waals surface area contributed by atoms with Gasteiger partial charge in [-0.1, -0.05) is 46.7 Å². The van der Waals surface area contributed by atoms with Gasteiger partial charge in [-0.15, -0.1) is 0 Å². The molecule has 0 bridgehead atoms. The van der Waals surface area contributed by atoms with Crippen LogP contribution in [0.15, 0.2) is 24.3 Å². The summed E-state index contributed by atoms with van der Waals surface area (Å²) >= 11 is 13.4. The number of piperidine rings is 1. The van der Waals surface area contributed by atoms with E-state index in [9.17, 15) is 19.5 Å². The summed E-state index contributed by atoms with van der Waals surface area (Å²) in [5, 5.41) is 13.9. The molecule has 1 aliphatic carbocycles. The van der Waals surface area contributed by atoms with E-state index in [2.05, 4.69) is 20.2 Å². The number of nitrogens with zero attached hydrogens (tertiary/aromatic N) is 2. The number of aromatic carboxylic acids is 1. The monoisotopic (exact) mass is 533 g/mol. The summed E-state index contributed by atoms with van der Waals surface area (Å²) in [5.41, 5.74) is 7.88. The number of carboxylic acid groups (broad SMARTS) is 1. The van der Waals surface area contributed by atoms with Gasteiger partial charge in [0.1, 0.15) is 10.6 Å². The van der Waals surface area contributed by atoms with Crippen LogP contribution >= 0.6 is 34.5 Å². The molecule has 5 N–H and O–H groups in total. The Morgan fingerprint density at radius 1 is 1.20 bits per heavy atom. The fourth-order valence-electron chi connectivity index (χ4n) is 4.59. The lowest BCUT2D eigenvalue weighted by Gasteiger charge is -2.19. The molecule has 2 aliphatic rings. The molecule has 1 aromatic carbocycles. The van der Waals surface area contributed by atoms with Crippen LogP contribution in [0.4, 0.5) is 5.13 Å². The Kier molecular flexibility index (Phi) is 5.98. The van der Waals surface area contributed by atoms with Gasteiger partial charge in [0, 0.05) is 48.6 Å². The summed E-state index contributed by atoms with van der Waals surface area (Å²) in [7, 11) is 0. The lowest BCUT2D eigenvalue weighted by Crippen LogP contribution is -2.34. The summed E-state index contributed by atoms with van der Waals surface area (Å²) in [6.45, 7) is 3.10. The minimum atomic E-state index is -1.02. The Bertz CT molecular complexity index is 1340. The van der Waals surface area contributed by atoms with Gasteiger partial charge in [-0.3, -0.25) is 9.59 Å². The highest BCUT2D eigenvalue weighted by atomic mass is 35.5. The van der Waals surface area contributed by atoms with E-state index in [1.54, 1.807) is 31.2 Å². The van der Waals surface area contributed by atoms with Crippen molar-refractivity contribution in [3.63, 3.8) is 0 Å². The number of aromatic nitrogens is 2. The van der Waals surface area contributed by atoms with E-state index < -0.39 is 11.9 Å². The molecule has 0 spiro atoms. The Labute approximate surface area is 214 Å². The maximum Gasteiger partial charge on any atom is 0.347 e. The normalized spacial score (nSPS) is 20.5. The number of fused-ring (bicyclic) bond motifs is 1. The quantitative estimate of drug-likeness (QED) is 0.367. The molecule has 1 unspecified atom stereocenters. The Hall–Kier alpha value is -3.08. The van der Waals surface area contributed by atoms with Crippen LogP contribution < -0.4 is 16.0 Å². The summed E-state index contributed by atoms with van der Waals surface area (Å²) in [4.78, 5) is 45.5. The smallest absolute Gasteiger partial charge is 0.347 e. The Balaban J connectivity index is 1.24. The number of amides is 2. The highest BCUT2D eigenvalue weighted by Gasteiger charge is 2.57. The summed E-state index contributed by atoms with van der Waals surface area (Å²) in [6.07, 6.45) is 0.329. The number of H-pyrrole nitrogens is 1. The van der Waals surface area contributed by atoms with Crippen LogP contribution in [0, 0.1) is 18.8 Å². The van der Waals surface area contributed by atoms with Gasteiger partial charge in [0.25, 0.3) is 5.91 Å². The number of carboxylic acids is 1. The second kappa shape index (κ2) is 8.85. The number of carbonyl (C=O) groups excluding carboxylic acids is 2. The first-order chi connectivity index (χ1) is 16.6. The third kappa shape index (κ3) is 4.37. The molecular weight excluding hydrogens is 513 g/mol. The molecule has 35 heavy (non-hydrogen) atoms. The largest absolute Gasteiger partial charge is 0.477 e. The second-order valence-electron chi connectivity index (χ2n) is 8.80. The number of rotatable bonds is 7. The number of primary amides is 1. The predicted molar refractivity (Wildman–Crippen MR) is 133 cm³/mol. The van der Waals surface area contributed by atoms with Crippen molar-refractivity contribution in [1.82, 2.24) is 15.3 Å². The molecule has 3 atom stereocenters. The van der Waals surface area contributed by atoms with Crippen LogP contribution in [-0.4, -0.2) is 52.0 Å². The summed E-state index contributed by atoms with van der Waals surface area (Å²) in [6, 6.07) is 6.74. The number of carbonyl (C=O) groups is 3. The average molecular weight is 534 g/mol. The number of aryl methyl sites for hydroxylation is 1. The number of anilines is 1. The van der Waals surface area contributed by atoms with Crippen LogP contribution in [0.5, 0.6) is 0 Å². The molecule has 2 fully saturated rings. The van der Waals surface area contributed by atoms with Crippen LogP contribution in [0.25, 0.3) is 0 Å². The van der Waals surface area contributed by atoms with Gasteiger partial charge >= 0.3 is 5.97 Å². The standard InChI is InChI=1S/C23H21Cl2N5O4S/c1-9-15(24)16(25)18(27-9)21(32)29-17-12-7-30(8-13(12)17)23-28-14(19(35-23)22(33)34)6-10-2-4-11(5-3-10)20(26)31/h2-5,12-13,17,27H,6-8H2,1H3,(H2,26,31)(H,29,32)(H,33,34)/t12-,13+,17?. The molecule has 12 heteroatoms. The fraction of sp³-hybridized carbons (Fsp3) is 0.304. The van der Waals surface area contributed by atoms with Crippen molar-refractivity contribution in [3.8, 4) is 0 Å². The van der Waals surface area contributed by atoms with Crippen molar-refractivity contribution in [2.24, 2.45) is 17.6 Å². The molecule has 182 valence electrons. The molecule has 3 aromatic rings. The van der Waals surface area contributed by atoms with Gasteiger partial charge in [-0.25, -0.2) is 9.78 Å². The van der Waals surface area contributed by atoms with Crippen LogP contribution in [-0.2, 0) is 6.42 Å². The van der Waals surface area contributed by atoms with Crippen molar-refractivity contribution < 1.29 is 19.5 Å². The van der Waals surface area contributed by atoms with Gasteiger partial charge in [0.2, 0.25) is 5.91 Å². The van der Waals surface area contributed by atoms with E-state index in [-0.39, 0.29) is 39.4 Å². The highest BCUT2D eigenvalue weighted by Crippen LogP contribution is 2.48. The van der Waals surface area contributed by atoms with E-state index in [4.69, 9.17) is 28.9 Å². The van der Waals surface area contributed by atoms with E-state index in [1.165, 1.54) is 0 Å². The maximum absolute atomic E-state index is 12.6. The lowest BCUT2D eigenvalue weighted by molar-refractivity contribution is 0.0700. The lowest BCUT2D eigenvalue weighted by atomic mass is 10.1. The van der Waals surface area contributed by atoms with Gasteiger partial charge in [-0.05, 0) is 24.6 Å². The minimum Gasteiger partial charge on any atom is -0.477 e. The van der Waals surface area contributed by atoms with Crippen molar-refractivity contribution in [3.05, 3.63) is 67.4 Å². The fourth-order valence-corrected chi connectivity index (χ4v) is 5.95. The zero-order valence-electron chi connectivity index (χ0n) is 18.5. The predicted octanol–water partition coefficient (Wildman–Crippen LogP) is 3.34. The first kappa shape index (κ1) is 23.7. The molecule has 2 aromatic heterocycles. The average Bonchev–Trinajstić information content (AvgIpc) is 3.19. The molecule has 0 radical (unpaired) electrons. The topological polar surface area (TPSA) is 141 Å². The molecule has 1 saturated carbocycles. The van der Waals surface area contributed by atoms with Crippen LogP contribution in [0.1, 0.15) is 47.5 Å². The second-order valence-corrected chi connectivity index (χ2v) is 10.5. The molecule has 2 amide bonds. The Morgan fingerprint density at radius 3 is 2.40 bits per heavy atom. The molecule has 1 saturated heterocycles. The van der Waals surface area contributed by atoms with Crippen molar-refractivity contribution in [2.75, 3.05) is 18.0 Å². The highest BCUT2D eigenvalue weighted by molar-refractivity contribution is 7.17. The first-order valence-corrected chi connectivity index (χ1v) is 12.4. The van der Waals surface area contributed by atoms with E-state index in [0.29, 0.717) is 46.6 Å². The third-order valence-electron chi connectivity index (χ3n) is 6.53. The molecule has 5 rings (SSSR count). The zero-order chi connectivity index (χ0) is 25.0.